The van der Waals surface area contributed by atoms with Crippen molar-refractivity contribution in [1.82, 2.24) is 5.32 Å². The highest BCUT2D eigenvalue weighted by molar-refractivity contribution is 6.30. The van der Waals surface area contributed by atoms with E-state index >= 15 is 0 Å². The number of hydrogen-bond acceptors (Lipinski definition) is 1. The predicted molar refractivity (Wildman–Crippen MR) is 90.4 cm³/mol. The summed E-state index contributed by atoms with van der Waals surface area (Å²) in [5.41, 5.74) is 2.60. The Kier molecular flexibility index (Phi) is 4.84. The van der Waals surface area contributed by atoms with Crippen LogP contribution in [0.15, 0.2) is 48.5 Å². The molecule has 0 aliphatic heterocycles. The minimum absolute atomic E-state index is 0.436. The smallest absolute Gasteiger partial charge is 0.0408 e. The fourth-order valence-electron chi connectivity index (χ4n) is 2.57. The third-order valence-electron chi connectivity index (χ3n) is 3.95. The molecule has 1 nitrogen and oxygen atoms in total. The highest BCUT2D eigenvalue weighted by Gasteiger charge is 2.22. The van der Waals surface area contributed by atoms with Crippen molar-refractivity contribution in [3.63, 3.8) is 0 Å². The topological polar surface area (TPSA) is 12.0 Å². The average molecular weight is 320 g/mol. The Balaban J connectivity index is 1.75. The van der Waals surface area contributed by atoms with E-state index < -0.39 is 0 Å². The summed E-state index contributed by atoms with van der Waals surface area (Å²) in [6.07, 6.45) is 3.61. The lowest BCUT2D eigenvalue weighted by Gasteiger charge is -2.19. The van der Waals surface area contributed by atoms with Gasteiger partial charge in [-0.15, -0.1) is 0 Å². The number of benzene rings is 2. The quantitative estimate of drug-likeness (QED) is 0.783. The average Bonchev–Trinajstić information content (AvgIpc) is 3.30. The van der Waals surface area contributed by atoms with E-state index in [1.54, 1.807) is 0 Å². The monoisotopic (exact) mass is 319 g/mol. The molecule has 2 aromatic carbocycles. The molecule has 1 aliphatic rings. The lowest BCUT2D eigenvalue weighted by molar-refractivity contribution is 0.577. The van der Waals surface area contributed by atoms with Crippen molar-refractivity contribution in [2.24, 2.45) is 0 Å². The molecule has 3 heteroatoms. The molecule has 1 saturated carbocycles. The van der Waals surface area contributed by atoms with E-state index in [-0.39, 0.29) is 0 Å². The minimum Gasteiger partial charge on any atom is -0.313 e. The second kappa shape index (κ2) is 6.83. The van der Waals surface area contributed by atoms with Crippen LogP contribution in [0.4, 0.5) is 0 Å². The van der Waals surface area contributed by atoms with Gasteiger partial charge in [-0.3, -0.25) is 0 Å². The molecular formula is C18H19Cl2N. The van der Waals surface area contributed by atoms with Crippen molar-refractivity contribution in [1.29, 1.82) is 0 Å². The van der Waals surface area contributed by atoms with Crippen LogP contribution in [0.3, 0.4) is 0 Å². The molecule has 110 valence electrons. The Hall–Kier alpha value is -1.02. The van der Waals surface area contributed by atoms with Gasteiger partial charge in [0, 0.05) is 28.5 Å². The number of hydrogen-bond donors (Lipinski definition) is 1. The second-order valence-electron chi connectivity index (χ2n) is 5.77. The van der Waals surface area contributed by atoms with Crippen LogP contribution in [0, 0.1) is 0 Å². The SMILES string of the molecule is Clc1ccc(CC(CNC2CC2)c2cccc(Cl)c2)cc1. The van der Waals surface area contributed by atoms with Crippen LogP contribution in [0.1, 0.15) is 29.9 Å². The van der Waals surface area contributed by atoms with Gasteiger partial charge in [-0.1, -0.05) is 47.5 Å². The minimum atomic E-state index is 0.436. The molecule has 1 atom stereocenters. The molecule has 0 bridgehead atoms. The van der Waals surface area contributed by atoms with Gasteiger partial charge in [0.2, 0.25) is 0 Å². The maximum absolute atomic E-state index is 6.15. The normalized spacial score (nSPS) is 15.9. The number of halogens is 2. The molecule has 1 fully saturated rings. The van der Waals surface area contributed by atoms with Gasteiger partial charge >= 0.3 is 0 Å². The first kappa shape index (κ1) is 14.9. The van der Waals surface area contributed by atoms with E-state index in [4.69, 9.17) is 23.2 Å². The van der Waals surface area contributed by atoms with E-state index in [0.29, 0.717) is 5.92 Å². The molecule has 21 heavy (non-hydrogen) atoms. The fourth-order valence-corrected chi connectivity index (χ4v) is 2.89. The van der Waals surface area contributed by atoms with Crippen molar-refractivity contribution >= 4 is 23.2 Å². The molecule has 3 rings (SSSR count). The zero-order valence-corrected chi connectivity index (χ0v) is 13.4. The first-order chi connectivity index (χ1) is 10.2. The Morgan fingerprint density at radius 2 is 1.76 bits per heavy atom. The van der Waals surface area contributed by atoms with Gasteiger partial charge < -0.3 is 5.32 Å². The van der Waals surface area contributed by atoms with Crippen molar-refractivity contribution in [2.75, 3.05) is 6.54 Å². The molecule has 1 unspecified atom stereocenters. The highest BCUT2D eigenvalue weighted by atomic mass is 35.5. The zero-order valence-electron chi connectivity index (χ0n) is 11.9. The lowest BCUT2D eigenvalue weighted by atomic mass is 9.92. The molecule has 0 saturated heterocycles. The summed E-state index contributed by atoms with van der Waals surface area (Å²) in [6, 6.07) is 17.1. The Labute approximate surface area is 136 Å². The summed E-state index contributed by atoms with van der Waals surface area (Å²) in [4.78, 5) is 0. The van der Waals surface area contributed by atoms with E-state index in [1.807, 2.05) is 24.3 Å². The van der Waals surface area contributed by atoms with Crippen molar-refractivity contribution in [3.8, 4) is 0 Å². The van der Waals surface area contributed by atoms with Gasteiger partial charge in [-0.05, 0) is 54.7 Å². The largest absolute Gasteiger partial charge is 0.313 e. The molecule has 2 aromatic rings. The van der Waals surface area contributed by atoms with Crippen LogP contribution in [-0.4, -0.2) is 12.6 Å². The van der Waals surface area contributed by atoms with Crippen molar-refractivity contribution in [2.45, 2.75) is 31.2 Å². The van der Waals surface area contributed by atoms with Gasteiger partial charge in [-0.2, -0.15) is 0 Å². The van der Waals surface area contributed by atoms with Gasteiger partial charge in [-0.25, -0.2) is 0 Å². The van der Waals surface area contributed by atoms with E-state index in [9.17, 15) is 0 Å². The third kappa shape index (κ3) is 4.47. The fraction of sp³-hybridized carbons (Fsp3) is 0.333. The maximum Gasteiger partial charge on any atom is 0.0408 e. The predicted octanol–water partition coefficient (Wildman–Crippen LogP) is 5.07. The summed E-state index contributed by atoms with van der Waals surface area (Å²) < 4.78 is 0. The molecular weight excluding hydrogens is 301 g/mol. The lowest BCUT2D eigenvalue weighted by Crippen LogP contribution is -2.24. The van der Waals surface area contributed by atoms with Crippen LogP contribution in [0.25, 0.3) is 0 Å². The molecule has 1 aliphatic carbocycles. The van der Waals surface area contributed by atoms with Crippen LogP contribution < -0.4 is 5.32 Å². The van der Waals surface area contributed by atoms with E-state index in [2.05, 4.69) is 29.6 Å². The first-order valence-electron chi connectivity index (χ1n) is 7.44. The first-order valence-corrected chi connectivity index (χ1v) is 8.19. The molecule has 0 spiro atoms. The maximum atomic E-state index is 6.15. The summed E-state index contributed by atoms with van der Waals surface area (Å²) in [5, 5.41) is 5.23. The van der Waals surface area contributed by atoms with E-state index in [1.165, 1.54) is 24.0 Å². The van der Waals surface area contributed by atoms with Gasteiger partial charge in [0.25, 0.3) is 0 Å². The molecule has 0 aromatic heterocycles. The van der Waals surface area contributed by atoms with Crippen LogP contribution in [0.5, 0.6) is 0 Å². The van der Waals surface area contributed by atoms with Crippen molar-refractivity contribution in [3.05, 3.63) is 69.7 Å². The molecule has 1 N–H and O–H groups in total. The Morgan fingerprint density at radius 1 is 1.00 bits per heavy atom. The molecule has 0 radical (unpaired) electrons. The number of rotatable bonds is 6. The summed E-state index contributed by atoms with van der Waals surface area (Å²) in [7, 11) is 0. The van der Waals surface area contributed by atoms with Crippen LogP contribution in [0.2, 0.25) is 10.0 Å². The second-order valence-corrected chi connectivity index (χ2v) is 6.64. The molecule has 0 amide bonds. The van der Waals surface area contributed by atoms with Gasteiger partial charge in [0.15, 0.2) is 0 Å². The third-order valence-corrected chi connectivity index (χ3v) is 4.43. The standard InChI is InChI=1S/C18H19Cl2N/c19-16-6-4-13(5-7-16)10-15(12-21-18-8-9-18)14-2-1-3-17(20)11-14/h1-7,11,15,18,21H,8-10,12H2. The van der Waals surface area contributed by atoms with Gasteiger partial charge in [0.1, 0.15) is 0 Å². The van der Waals surface area contributed by atoms with E-state index in [0.717, 1.165) is 29.1 Å². The summed E-state index contributed by atoms with van der Waals surface area (Å²) in [6.45, 7) is 0.994. The summed E-state index contributed by atoms with van der Waals surface area (Å²) >= 11 is 12.1. The number of nitrogens with one attached hydrogen (secondary N) is 1. The Morgan fingerprint density at radius 3 is 2.43 bits per heavy atom. The molecule has 0 heterocycles. The van der Waals surface area contributed by atoms with Crippen molar-refractivity contribution < 1.29 is 0 Å². The van der Waals surface area contributed by atoms with Crippen LogP contribution >= 0.6 is 23.2 Å². The Bertz CT molecular complexity index is 590. The van der Waals surface area contributed by atoms with Crippen LogP contribution in [-0.2, 0) is 6.42 Å². The zero-order chi connectivity index (χ0) is 14.7. The highest BCUT2D eigenvalue weighted by Crippen LogP contribution is 2.26. The van der Waals surface area contributed by atoms with Gasteiger partial charge in [0.05, 0.1) is 0 Å². The summed E-state index contributed by atoms with van der Waals surface area (Å²) in [5.74, 6) is 0.436.